The molecule has 0 fully saturated rings. The summed E-state index contributed by atoms with van der Waals surface area (Å²) in [4.78, 5) is 12.6. The Labute approximate surface area is 123 Å². The van der Waals surface area contributed by atoms with Crippen LogP contribution in [0.5, 0.6) is 0 Å². The zero-order chi connectivity index (χ0) is 15.3. The number of carbonyl (C=O) groups is 1. The fourth-order valence-corrected chi connectivity index (χ4v) is 3.19. The van der Waals surface area contributed by atoms with Gasteiger partial charge in [0.15, 0.2) is 5.78 Å². The number of fused-ring (bicyclic) bond motifs is 2. The van der Waals surface area contributed by atoms with Crippen molar-refractivity contribution in [2.75, 3.05) is 0 Å². The van der Waals surface area contributed by atoms with Gasteiger partial charge in [-0.2, -0.15) is 0 Å². The largest absolute Gasteiger partial charge is 0.390 e. The molecule has 0 aromatic heterocycles. The molecule has 2 N–H and O–H groups in total. The summed E-state index contributed by atoms with van der Waals surface area (Å²) < 4.78 is 0. The third kappa shape index (κ3) is 2.19. The van der Waals surface area contributed by atoms with Crippen LogP contribution in [-0.2, 0) is 5.60 Å². The Morgan fingerprint density at radius 1 is 0.952 bits per heavy atom. The highest BCUT2D eigenvalue weighted by molar-refractivity contribution is 6.13. The van der Waals surface area contributed by atoms with Gasteiger partial charge in [-0.1, -0.05) is 48.5 Å². The molecular weight excluding hydrogens is 264 g/mol. The summed E-state index contributed by atoms with van der Waals surface area (Å²) in [5.41, 5.74) is -0.285. The van der Waals surface area contributed by atoms with Crippen molar-refractivity contribution in [3.05, 3.63) is 70.8 Å². The molecule has 0 spiro atoms. The minimum absolute atomic E-state index is 0.0818. The zero-order valence-corrected chi connectivity index (χ0v) is 12.1. The van der Waals surface area contributed by atoms with E-state index in [1.54, 1.807) is 62.4 Å². The van der Waals surface area contributed by atoms with Crippen molar-refractivity contribution >= 4 is 5.78 Å². The summed E-state index contributed by atoms with van der Waals surface area (Å²) in [7, 11) is 0. The molecule has 1 aliphatic rings. The first-order chi connectivity index (χ1) is 9.83. The molecule has 3 nitrogen and oxygen atoms in total. The van der Waals surface area contributed by atoms with E-state index in [1.807, 2.05) is 0 Å². The van der Waals surface area contributed by atoms with E-state index in [2.05, 4.69) is 0 Å². The summed E-state index contributed by atoms with van der Waals surface area (Å²) in [6.07, 6.45) is 0.126. The van der Waals surface area contributed by atoms with Gasteiger partial charge in [-0.15, -0.1) is 0 Å². The van der Waals surface area contributed by atoms with Crippen molar-refractivity contribution < 1.29 is 15.0 Å². The van der Waals surface area contributed by atoms with Gasteiger partial charge in [-0.05, 0) is 25.0 Å². The fraction of sp³-hybridized carbons (Fsp3) is 0.278. The van der Waals surface area contributed by atoms with Crippen molar-refractivity contribution in [2.45, 2.75) is 31.5 Å². The van der Waals surface area contributed by atoms with Crippen LogP contribution in [0.4, 0.5) is 0 Å². The minimum Gasteiger partial charge on any atom is -0.390 e. The van der Waals surface area contributed by atoms with Gasteiger partial charge in [0.05, 0.1) is 5.60 Å². The van der Waals surface area contributed by atoms with E-state index in [0.717, 1.165) is 0 Å². The molecule has 3 heteroatoms. The molecule has 0 unspecified atom stereocenters. The van der Waals surface area contributed by atoms with Crippen LogP contribution in [0.25, 0.3) is 0 Å². The van der Waals surface area contributed by atoms with E-state index in [1.165, 1.54) is 0 Å². The molecule has 0 atom stereocenters. The van der Waals surface area contributed by atoms with Gasteiger partial charge in [-0.3, -0.25) is 4.79 Å². The summed E-state index contributed by atoms with van der Waals surface area (Å²) in [5, 5.41) is 21.5. The molecule has 0 amide bonds. The van der Waals surface area contributed by atoms with Gasteiger partial charge in [0.1, 0.15) is 5.60 Å². The third-order valence-corrected chi connectivity index (χ3v) is 3.92. The molecule has 0 bridgehead atoms. The van der Waals surface area contributed by atoms with Crippen molar-refractivity contribution in [1.29, 1.82) is 0 Å². The van der Waals surface area contributed by atoms with E-state index < -0.39 is 11.2 Å². The van der Waals surface area contributed by atoms with Gasteiger partial charge >= 0.3 is 0 Å². The lowest BCUT2D eigenvalue weighted by molar-refractivity contribution is -0.0274. The second-order valence-electron chi connectivity index (χ2n) is 6.27. The van der Waals surface area contributed by atoms with Crippen molar-refractivity contribution in [1.82, 2.24) is 0 Å². The molecule has 0 aliphatic heterocycles. The molecule has 3 rings (SSSR count). The quantitative estimate of drug-likeness (QED) is 0.890. The molecule has 0 heterocycles. The average molecular weight is 282 g/mol. The van der Waals surface area contributed by atoms with Gasteiger partial charge in [0.25, 0.3) is 0 Å². The van der Waals surface area contributed by atoms with Crippen LogP contribution in [0.1, 0.15) is 47.3 Å². The van der Waals surface area contributed by atoms with Crippen LogP contribution in [0, 0.1) is 0 Å². The van der Waals surface area contributed by atoms with Crippen molar-refractivity contribution in [3.63, 3.8) is 0 Å². The van der Waals surface area contributed by atoms with Crippen LogP contribution in [-0.4, -0.2) is 21.6 Å². The zero-order valence-electron chi connectivity index (χ0n) is 12.1. The van der Waals surface area contributed by atoms with Gasteiger partial charge in [0.2, 0.25) is 0 Å². The summed E-state index contributed by atoms with van der Waals surface area (Å²) in [6, 6.07) is 14.1. The second-order valence-corrected chi connectivity index (χ2v) is 6.27. The lowest BCUT2D eigenvalue weighted by Crippen LogP contribution is -2.41. The maximum Gasteiger partial charge on any atom is 0.193 e. The molecule has 0 saturated heterocycles. The van der Waals surface area contributed by atoms with Crippen LogP contribution < -0.4 is 0 Å². The Hall–Kier alpha value is -1.97. The van der Waals surface area contributed by atoms with Crippen LogP contribution >= 0.6 is 0 Å². The highest BCUT2D eigenvalue weighted by Gasteiger charge is 2.44. The van der Waals surface area contributed by atoms with E-state index in [0.29, 0.717) is 22.3 Å². The standard InChI is InChI=1S/C18H18O3/c1-17(2,20)11-18(21)14-9-5-3-7-12(14)16(19)13-8-4-6-10-15(13)18/h3-10,20-21H,11H2,1-2H3. The number of benzene rings is 2. The molecule has 1 aliphatic carbocycles. The van der Waals surface area contributed by atoms with E-state index in [9.17, 15) is 15.0 Å². The second kappa shape index (κ2) is 4.52. The number of rotatable bonds is 2. The Kier molecular flexibility index (Phi) is 3.01. The van der Waals surface area contributed by atoms with Gasteiger partial charge in [0, 0.05) is 17.5 Å². The number of hydrogen-bond acceptors (Lipinski definition) is 3. The Bertz CT molecular complexity index is 661. The SMILES string of the molecule is CC(C)(O)CC1(O)c2ccccc2C(=O)c2ccccc21. The fourth-order valence-electron chi connectivity index (χ4n) is 3.19. The molecule has 0 radical (unpaired) electrons. The first-order valence-corrected chi connectivity index (χ1v) is 7.01. The predicted octanol–water partition coefficient (Wildman–Crippen LogP) is 2.63. The topological polar surface area (TPSA) is 57.5 Å². The Morgan fingerprint density at radius 2 is 1.38 bits per heavy atom. The molecule has 108 valence electrons. The first kappa shape index (κ1) is 14.0. The third-order valence-electron chi connectivity index (χ3n) is 3.92. The van der Waals surface area contributed by atoms with E-state index in [4.69, 9.17) is 0 Å². The lowest BCUT2D eigenvalue weighted by atomic mass is 9.70. The first-order valence-electron chi connectivity index (χ1n) is 7.01. The van der Waals surface area contributed by atoms with Crippen LogP contribution in [0.2, 0.25) is 0 Å². The number of carbonyl (C=O) groups excluding carboxylic acids is 1. The Balaban J connectivity index is 2.30. The normalized spacial score (nSPS) is 16.3. The Morgan fingerprint density at radius 3 is 1.81 bits per heavy atom. The predicted molar refractivity (Wildman–Crippen MR) is 80.2 cm³/mol. The van der Waals surface area contributed by atoms with Crippen molar-refractivity contribution in [2.24, 2.45) is 0 Å². The molecule has 0 saturated carbocycles. The number of hydrogen-bond donors (Lipinski definition) is 2. The van der Waals surface area contributed by atoms with E-state index >= 15 is 0 Å². The molecule has 2 aromatic rings. The number of ketones is 1. The maximum atomic E-state index is 12.6. The monoisotopic (exact) mass is 282 g/mol. The minimum atomic E-state index is -1.36. The average Bonchev–Trinajstić information content (AvgIpc) is 2.44. The van der Waals surface area contributed by atoms with Gasteiger partial charge < -0.3 is 10.2 Å². The molecular formula is C18H18O3. The maximum absolute atomic E-state index is 12.6. The van der Waals surface area contributed by atoms with Gasteiger partial charge in [-0.25, -0.2) is 0 Å². The lowest BCUT2D eigenvalue weighted by Gasteiger charge is -2.39. The smallest absolute Gasteiger partial charge is 0.193 e. The summed E-state index contributed by atoms with van der Waals surface area (Å²) in [6.45, 7) is 3.32. The van der Waals surface area contributed by atoms with Crippen LogP contribution in [0.3, 0.4) is 0 Å². The van der Waals surface area contributed by atoms with Crippen LogP contribution in [0.15, 0.2) is 48.5 Å². The molecule has 21 heavy (non-hydrogen) atoms. The number of aliphatic hydroxyl groups is 2. The highest BCUT2D eigenvalue weighted by atomic mass is 16.3. The molecule has 2 aromatic carbocycles. The summed E-state index contributed by atoms with van der Waals surface area (Å²) in [5.74, 6) is -0.0818. The highest BCUT2D eigenvalue weighted by Crippen LogP contribution is 2.44. The van der Waals surface area contributed by atoms with Crippen molar-refractivity contribution in [3.8, 4) is 0 Å². The van der Waals surface area contributed by atoms with E-state index in [-0.39, 0.29) is 12.2 Å². The summed E-state index contributed by atoms with van der Waals surface area (Å²) >= 11 is 0.